The summed E-state index contributed by atoms with van der Waals surface area (Å²) in [5, 5.41) is 1.13. The van der Waals surface area contributed by atoms with Gasteiger partial charge in [0.1, 0.15) is 12.5 Å². The van der Waals surface area contributed by atoms with Gasteiger partial charge in [-0.2, -0.15) is 0 Å². The zero-order valence-electron chi connectivity index (χ0n) is 12.5. The lowest BCUT2D eigenvalue weighted by Gasteiger charge is -2.08. The van der Waals surface area contributed by atoms with Crippen LogP contribution in [0.3, 0.4) is 0 Å². The van der Waals surface area contributed by atoms with Crippen molar-refractivity contribution in [2.75, 3.05) is 27.7 Å². The van der Waals surface area contributed by atoms with Crippen LogP contribution < -0.4 is 4.74 Å². The molecular weight excluding hydrogens is 291 g/mol. The standard InChI is InChI=1S/C14H21N2O4P/c1-15(2)7-6-11-9-16(10-20-21(17)18)14-8-12(19-3)4-5-13(11)14/h4-5,8-9,17-18H,6-7,10H2,1-3H3. The average molecular weight is 312 g/mol. The van der Waals surface area contributed by atoms with Gasteiger partial charge in [-0.3, -0.25) is 4.52 Å². The lowest BCUT2D eigenvalue weighted by atomic mass is 10.1. The molecule has 0 spiro atoms. The number of fused-ring (bicyclic) bond motifs is 1. The summed E-state index contributed by atoms with van der Waals surface area (Å²) in [6, 6.07) is 5.88. The molecule has 1 aromatic carbocycles. The van der Waals surface area contributed by atoms with Gasteiger partial charge in [0.2, 0.25) is 0 Å². The van der Waals surface area contributed by atoms with Crippen LogP contribution in [0.2, 0.25) is 0 Å². The van der Waals surface area contributed by atoms with E-state index < -0.39 is 8.60 Å². The predicted molar refractivity (Wildman–Crippen MR) is 83.2 cm³/mol. The Balaban J connectivity index is 2.35. The number of nitrogens with zero attached hydrogens (tertiary/aromatic N) is 2. The van der Waals surface area contributed by atoms with Crippen molar-refractivity contribution in [2.24, 2.45) is 0 Å². The van der Waals surface area contributed by atoms with Crippen LogP contribution in [0.15, 0.2) is 24.4 Å². The third-order valence-corrected chi connectivity index (χ3v) is 3.66. The number of aromatic nitrogens is 1. The smallest absolute Gasteiger partial charge is 0.328 e. The van der Waals surface area contributed by atoms with Crippen molar-refractivity contribution in [3.8, 4) is 5.75 Å². The summed E-state index contributed by atoms with van der Waals surface area (Å²) >= 11 is 0. The van der Waals surface area contributed by atoms with E-state index in [1.165, 1.54) is 5.56 Å². The number of ether oxygens (including phenoxy) is 1. The van der Waals surface area contributed by atoms with Crippen LogP contribution in [0.4, 0.5) is 0 Å². The summed E-state index contributed by atoms with van der Waals surface area (Å²) in [6.07, 6.45) is 2.91. The van der Waals surface area contributed by atoms with Gasteiger partial charge in [0.05, 0.1) is 12.6 Å². The SMILES string of the molecule is COc1ccc2c(CCN(C)C)cn(COP(O)O)c2c1. The Morgan fingerprint density at radius 3 is 2.67 bits per heavy atom. The summed E-state index contributed by atoms with van der Waals surface area (Å²) in [7, 11) is 3.34. The Kier molecular flexibility index (Phi) is 5.56. The average Bonchev–Trinajstić information content (AvgIpc) is 2.80. The molecule has 2 aromatic rings. The zero-order valence-corrected chi connectivity index (χ0v) is 13.4. The maximum atomic E-state index is 8.92. The number of methoxy groups -OCH3 is 1. The van der Waals surface area contributed by atoms with Gasteiger partial charge in [-0.25, -0.2) is 0 Å². The summed E-state index contributed by atoms with van der Waals surface area (Å²) in [6.45, 7) is 1.04. The molecule has 0 fully saturated rings. The Morgan fingerprint density at radius 2 is 2.05 bits per heavy atom. The molecule has 7 heteroatoms. The Morgan fingerprint density at radius 1 is 1.29 bits per heavy atom. The molecule has 2 N–H and O–H groups in total. The van der Waals surface area contributed by atoms with Gasteiger partial charge >= 0.3 is 8.60 Å². The second-order valence-electron chi connectivity index (χ2n) is 5.07. The van der Waals surface area contributed by atoms with E-state index in [0.29, 0.717) is 0 Å². The summed E-state index contributed by atoms with van der Waals surface area (Å²) in [4.78, 5) is 20.0. The van der Waals surface area contributed by atoms with E-state index in [1.807, 2.05) is 43.1 Å². The monoisotopic (exact) mass is 312 g/mol. The molecule has 0 aliphatic heterocycles. The fraction of sp³-hybridized carbons (Fsp3) is 0.429. The minimum atomic E-state index is -2.36. The van der Waals surface area contributed by atoms with Crippen LogP contribution in [-0.2, 0) is 17.7 Å². The molecule has 0 saturated carbocycles. The van der Waals surface area contributed by atoms with E-state index in [9.17, 15) is 0 Å². The largest absolute Gasteiger partial charge is 0.497 e. The van der Waals surface area contributed by atoms with E-state index >= 15 is 0 Å². The summed E-state index contributed by atoms with van der Waals surface area (Å²) in [5.41, 5.74) is 2.16. The highest BCUT2D eigenvalue weighted by atomic mass is 31.2. The third-order valence-electron chi connectivity index (χ3n) is 3.31. The summed E-state index contributed by atoms with van der Waals surface area (Å²) < 4.78 is 12.1. The van der Waals surface area contributed by atoms with Gasteiger partial charge in [-0.05, 0) is 38.2 Å². The van der Waals surface area contributed by atoms with Crippen LogP contribution >= 0.6 is 8.60 Å². The van der Waals surface area contributed by atoms with Gasteiger partial charge in [0.15, 0.2) is 0 Å². The van der Waals surface area contributed by atoms with Crippen molar-refractivity contribution in [1.29, 1.82) is 0 Å². The second kappa shape index (κ2) is 7.20. The molecule has 0 atom stereocenters. The normalized spacial score (nSPS) is 11.8. The van der Waals surface area contributed by atoms with Crippen LogP contribution in [-0.4, -0.2) is 47.0 Å². The molecule has 116 valence electrons. The Bertz CT molecular complexity index is 598. The van der Waals surface area contributed by atoms with Crippen molar-refractivity contribution in [2.45, 2.75) is 13.2 Å². The van der Waals surface area contributed by atoms with E-state index in [-0.39, 0.29) is 6.73 Å². The quantitative estimate of drug-likeness (QED) is 0.765. The molecule has 0 radical (unpaired) electrons. The lowest BCUT2D eigenvalue weighted by molar-refractivity contribution is 0.201. The fourth-order valence-corrected chi connectivity index (χ4v) is 2.47. The molecule has 2 rings (SSSR count). The number of rotatable bonds is 7. The highest BCUT2D eigenvalue weighted by molar-refractivity contribution is 7.39. The molecule has 21 heavy (non-hydrogen) atoms. The molecule has 0 aliphatic carbocycles. The topological polar surface area (TPSA) is 67.1 Å². The highest BCUT2D eigenvalue weighted by Gasteiger charge is 2.11. The van der Waals surface area contributed by atoms with Gasteiger partial charge in [0.25, 0.3) is 0 Å². The molecule has 0 aliphatic rings. The maximum absolute atomic E-state index is 8.92. The third kappa shape index (κ3) is 4.15. The number of benzene rings is 1. The number of likely N-dealkylation sites (N-methyl/N-ethyl adjacent to an activating group) is 1. The van der Waals surface area contributed by atoms with Gasteiger partial charge < -0.3 is 24.0 Å². The second-order valence-corrected chi connectivity index (χ2v) is 5.84. The molecular formula is C14H21N2O4P. The minimum absolute atomic E-state index is 0.102. The van der Waals surface area contributed by atoms with E-state index in [0.717, 1.165) is 29.6 Å². The van der Waals surface area contributed by atoms with Crippen molar-refractivity contribution in [3.63, 3.8) is 0 Å². The number of hydrogen-bond acceptors (Lipinski definition) is 5. The molecule has 0 saturated heterocycles. The van der Waals surface area contributed by atoms with E-state index in [2.05, 4.69) is 4.90 Å². The molecule has 6 nitrogen and oxygen atoms in total. The first kappa shape index (κ1) is 16.2. The van der Waals surface area contributed by atoms with E-state index in [1.54, 1.807) is 7.11 Å². The number of hydrogen-bond donors (Lipinski definition) is 2. The maximum Gasteiger partial charge on any atom is 0.328 e. The van der Waals surface area contributed by atoms with Crippen LogP contribution in [0.25, 0.3) is 10.9 Å². The van der Waals surface area contributed by atoms with Crippen LogP contribution in [0.1, 0.15) is 5.56 Å². The van der Waals surface area contributed by atoms with Crippen LogP contribution in [0, 0.1) is 0 Å². The minimum Gasteiger partial charge on any atom is -0.497 e. The first-order valence-electron chi connectivity index (χ1n) is 6.62. The van der Waals surface area contributed by atoms with Crippen LogP contribution in [0.5, 0.6) is 5.75 Å². The van der Waals surface area contributed by atoms with Crippen molar-refractivity contribution < 1.29 is 19.0 Å². The van der Waals surface area contributed by atoms with Crippen molar-refractivity contribution in [1.82, 2.24) is 9.47 Å². The predicted octanol–water partition coefficient (Wildman–Crippen LogP) is 1.94. The molecule has 1 aromatic heterocycles. The lowest BCUT2D eigenvalue weighted by Crippen LogP contribution is -2.14. The molecule has 1 heterocycles. The fourth-order valence-electron chi connectivity index (χ4n) is 2.24. The van der Waals surface area contributed by atoms with Gasteiger partial charge in [0, 0.05) is 24.2 Å². The highest BCUT2D eigenvalue weighted by Crippen LogP contribution is 2.29. The zero-order chi connectivity index (χ0) is 15.4. The molecule has 0 amide bonds. The summed E-state index contributed by atoms with van der Waals surface area (Å²) in [5.74, 6) is 0.760. The molecule has 0 unspecified atom stereocenters. The van der Waals surface area contributed by atoms with E-state index in [4.69, 9.17) is 19.0 Å². The van der Waals surface area contributed by atoms with Crippen molar-refractivity contribution in [3.05, 3.63) is 30.0 Å². The first-order valence-corrected chi connectivity index (χ1v) is 7.79. The van der Waals surface area contributed by atoms with Crippen molar-refractivity contribution >= 4 is 19.5 Å². The Hall–Kier alpha value is -1.17. The van der Waals surface area contributed by atoms with Gasteiger partial charge in [-0.1, -0.05) is 0 Å². The first-order chi connectivity index (χ1) is 10.0. The van der Waals surface area contributed by atoms with Gasteiger partial charge in [-0.15, -0.1) is 0 Å². The molecule has 0 bridgehead atoms. The Labute approximate surface area is 125 Å².